The van der Waals surface area contributed by atoms with E-state index >= 15 is 0 Å². The fourth-order valence-electron chi connectivity index (χ4n) is 3.65. The summed E-state index contributed by atoms with van der Waals surface area (Å²) in [7, 11) is 1.69. The van der Waals surface area contributed by atoms with E-state index in [1.165, 1.54) is 5.69 Å². The quantitative estimate of drug-likeness (QED) is 0.771. The van der Waals surface area contributed by atoms with Gasteiger partial charge in [0.1, 0.15) is 11.6 Å². The molecule has 140 valence electrons. The maximum atomic E-state index is 12.4. The van der Waals surface area contributed by atoms with Crippen molar-refractivity contribution >= 4 is 16.6 Å². The van der Waals surface area contributed by atoms with Gasteiger partial charge in [0.15, 0.2) is 0 Å². The standard InChI is InChI=1S/C21H24N4O2/c1-15(20-22-19-9-4-3-8-18(19)21(26)23-20)24-10-12-25(13-11-24)16-6-5-7-17(14-16)27-2/h3-9,14-15H,10-13H2,1-2H3,(H,22,23,26)/t15-/m1/s1. The van der Waals surface area contributed by atoms with E-state index in [-0.39, 0.29) is 11.6 Å². The Morgan fingerprint density at radius 1 is 1.07 bits per heavy atom. The van der Waals surface area contributed by atoms with E-state index in [1.54, 1.807) is 7.11 Å². The second-order valence-electron chi connectivity index (χ2n) is 6.87. The number of para-hydroxylation sites is 1. The number of H-pyrrole nitrogens is 1. The fourth-order valence-corrected chi connectivity index (χ4v) is 3.65. The van der Waals surface area contributed by atoms with Crippen LogP contribution in [0, 0.1) is 0 Å². The van der Waals surface area contributed by atoms with Crippen molar-refractivity contribution in [3.63, 3.8) is 0 Å². The molecular formula is C21H24N4O2. The van der Waals surface area contributed by atoms with E-state index in [2.05, 4.69) is 38.8 Å². The van der Waals surface area contributed by atoms with Crippen LogP contribution in [0.25, 0.3) is 10.9 Å². The molecular weight excluding hydrogens is 340 g/mol. The third kappa shape index (κ3) is 3.53. The molecule has 0 spiro atoms. The van der Waals surface area contributed by atoms with Crippen LogP contribution in [0.4, 0.5) is 5.69 Å². The molecule has 2 aromatic carbocycles. The molecule has 1 N–H and O–H groups in total. The summed E-state index contributed by atoms with van der Waals surface area (Å²) >= 11 is 0. The number of ether oxygens (including phenoxy) is 1. The van der Waals surface area contributed by atoms with Crippen LogP contribution in [0.2, 0.25) is 0 Å². The van der Waals surface area contributed by atoms with Crippen molar-refractivity contribution in [1.82, 2.24) is 14.9 Å². The van der Waals surface area contributed by atoms with Crippen LogP contribution in [-0.2, 0) is 0 Å². The maximum Gasteiger partial charge on any atom is 0.258 e. The summed E-state index contributed by atoms with van der Waals surface area (Å²) < 4.78 is 5.33. The lowest BCUT2D eigenvalue weighted by Gasteiger charge is -2.38. The molecule has 6 nitrogen and oxygen atoms in total. The number of nitrogens with one attached hydrogen (secondary N) is 1. The molecule has 0 radical (unpaired) electrons. The largest absolute Gasteiger partial charge is 0.497 e. The normalized spacial score (nSPS) is 16.4. The second kappa shape index (κ2) is 7.40. The second-order valence-corrected chi connectivity index (χ2v) is 6.87. The van der Waals surface area contributed by atoms with Gasteiger partial charge < -0.3 is 14.6 Å². The Morgan fingerprint density at radius 3 is 2.63 bits per heavy atom. The Kier molecular flexibility index (Phi) is 4.81. The Hall–Kier alpha value is -2.86. The van der Waals surface area contributed by atoms with Gasteiger partial charge in [-0.25, -0.2) is 4.98 Å². The Bertz CT molecular complexity index is 993. The van der Waals surface area contributed by atoms with Gasteiger partial charge in [-0.1, -0.05) is 18.2 Å². The third-order valence-electron chi connectivity index (χ3n) is 5.31. The van der Waals surface area contributed by atoms with Gasteiger partial charge in [-0.2, -0.15) is 0 Å². The van der Waals surface area contributed by atoms with Gasteiger partial charge in [-0.05, 0) is 31.2 Å². The minimum absolute atomic E-state index is 0.0646. The van der Waals surface area contributed by atoms with E-state index in [0.29, 0.717) is 5.39 Å². The van der Waals surface area contributed by atoms with E-state index < -0.39 is 0 Å². The minimum Gasteiger partial charge on any atom is -0.497 e. The van der Waals surface area contributed by atoms with Gasteiger partial charge in [-0.3, -0.25) is 9.69 Å². The maximum absolute atomic E-state index is 12.4. The number of rotatable bonds is 4. The lowest BCUT2D eigenvalue weighted by atomic mass is 10.1. The molecule has 4 rings (SSSR count). The van der Waals surface area contributed by atoms with Crippen molar-refractivity contribution in [2.75, 3.05) is 38.2 Å². The van der Waals surface area contributed by atoms with Crippen LogP contribution in [0.15, 0.2) is 53.3 Å². The van der Waals surface area contributed by atoms with Gasteiger partial charge >= 0.3 is 0 Å². The van der Waals surface area contributed by atoms with E-state index in [0.717, 1.165) is 43.3 Å². The first-order valence-electron chi connectivity index (χ1n) is 9.28. The number of aromatic nitrogens is 2. The molecule has 1 fully saturated rings. The molecule has 6 heteroatoms. The van der Waals surface area contributed by atoms with Crippen molar-refractivity contribution in [3.8, 4) is 5.75 Å². The summed E-state index contributed by atoms with van der Waals surface area (Å²) in [6.07, 6.45) is 0. The monoisotopic (exact) mass is 364 g/mol. The van der Waals surface area contributed by atoms with Crippen LogP contribution >= 0.6 is 0 Å². The SMILES string of the molecule is COc1cccc(N2CCN([C@H](C)c3nc4ccccc4c(=O)[nH]3)CC2)c1. The molecule has 1 aliphatic rings. The van der Waals surface area contributed by atoms with E-state index in [4.69, 9.17) is 4.74 Å². The molecule has 0 aliphatic carbocycles. The fraction of sp³-hybridized carbons (Fsp3) is 0.333. The highest BCUT2D eigenvalue weighted by molar-refractivity contribution is 5.77. The molecule has 0 amide bonds. The van der Waals surface area contributed by atoms with Crippen molar-refractivity contribution in [1.29, 1.82) is 0 Å². The van der Waals surface area contributed by atoms with Gasteiger partial charge in [0.25, 0.3) is 5.56 Å². The summed E-state index contributed by atoms with van der Waals surface area (Å²) in [6.45, 7) is 5.78. The average molecular weight is 364 g/mol. The first-order valence-corrected chi connectivity index (χ1v) is 9.28. The molecule has 3 aromatic rings. The summed E-state index contributed by atoms with van der Waals surface area (Å²) in [5.74, 6) is 1.61. The first kappa shape index (κ1) is 17.5. The summed E-state index contributed by atoms with van der Waals surface area (Å²) in [4.78, 5) is 24.7. The number of hydrogen-bond donors (Lipinski definition) is 1. The molecule has 0 bridgehead atoms. The minimum atomic E-state index is -0.0718. The highest BCUT2D eigenvalue weighted by Gasteiger charge is 2.24. The molecule has 1 aromatic heterocycles. The summed E-state index contributed by atoms with van der Waals surface area (Å²) in [5, 5.41) is 0.635. The summed E-state index contributed by atoms with van der Waals surface area (Å²) in [6, 6.07) is 15.7. The zero-order valence-corrected chi connectivity index (χ0v) is 15.7. The molecule has 2 heterocycles. The number of methoxy groups -OCH3 is 1. The highest BCUT2D eigenvalue weighted by Crippen LogP contribution is 2.25. The third-order valence-corrected chi connectivity index (χ3v) is 5.31. The van der Waals surface area contributed by atoms with Crippen molar-refractivity contribution in [3.05, 3.63) is 64.7 Å². The van der Waals surface area contributed by atoms with Crippen LogP contribution in [-0.4, -0.2) is 48.2 Å². The van der Waals surface area contributed by atoms with Crippen LogP contribution in [0.3, 0.4) is 0 Å². The first-order chi connectivity index (χ1) is 13.2. The zero-order valence-electron chi connectivity index (χ0n) is 15.7. The predicted octanol–water partition coefficient (Wildman–Crippen LogP) is 2.81. The van der Waals surface area contributed by atoms with Crippen LogP contribution in [0.1, 0.15) is 18.8 Å². The molecule has 1 atom stereocenters. The lowest BCUT2D eigenvalue weighted by Crippen LogP contribution is -2.47. The molecule has 0 unspecified atom stereocenters. The number of hydrogen-bond acceptors (Lipinski definition) is 5. The van der Waals surface area contributed by atoms with Crippen molar-refractivity contribution in [2.24, 2.45) is 0 Å². The highest BCUT2D eigenvalue weighted by atomic mass is 16.5. The van der Waals surface area contributed by atoms with Crippen molar-refractivity contribution < 1.29 is 4.74 Å². The van der Waals surface area contributed by atoms with Gasteiger partial charge in [-0.15, -0.1) is 0 Å². The molecule has 27 heavy (non-hydrogen) atoms. The van der Waals surface area contributed by atoms with E-state index in [9.17, 15) is 4.79 Å². The number of piperazine rings is 1. The number of nitrogens with zero attached hydrogens (tertiary/aromatic N) is 3. The number of fused-ring (bicyclic) bond motifs is 1. The lowest BCUT2D eigenvalue weighted by molar-refractivity contribution is 0.191. The van der Waals surface area contributed by atoms with Crippen LogP contribution in [0.5, 0.6) is 5.75 Å². The predicted molar refractivity (Wildman–Crippen MR) is 108 cm³/mol. The molecule has 0 saturated carbocycles. The number of anilines is 1. The van der Waals surface area contributed by atoms with Gasteiger partial charge in [0.2, 0.25) is 0 Å². The van der Waals surface area contributed by atoms with Crippen LogP contribution < -0.4 is 15.2 Å². The molecule has 1 saturated heterocycles. The summed E-state index contributed by atoms with van der Waals surface area (Å²) in [5.41, 5.74) is 1.86. The Morgan fingerprint density at radius 2 is 1.85 bits per heavy atom. The zero-order chi connectivity index (χ0) is 18.8. The molecule has 1 aliphatic heterocycles. The van der Waals surface area contributed by atoms with Crippen molar-refractivity contribution in [2.45, 2.75) is 13.0 Å². The Labute approximate surface area is 158 Å². The smallest absolute Gasteiger partial charge is 0.258 e. The number of benzene rings is 2. The number of aromatic amines is 1. The van der Waals surface area contributed by atoms with Gasteiger partial charge in [0, 0.05) is 37.9 Å². The van der Waals surface area contributed by atoms with Gasteiger partial charge in [0.05, 0.1) is 24.1 Å². The average Bonchev–Trinajstić information content (AvgIpc) is 2.73. The Balaban J connectivity index is 1.48. The van der Waals surface area contributed by atoms with E-state index in [1.807, 2.05) is 36.4 Å². The topological polar surface area (TPSA) is 61.5 Å².